The molecule has 4 rings (SSSR count). The molecule has 0 unspecified atom stereocenters. The van der Waals surface area contributed by atoms with Gasteiger partial charge in [0.05, 0.1) is 17.3 Å². The number of carboxylic acids is 1. The second kappa shape index (κ2) is 9.61. The van der Waals surface area contributed by atoms with Crippen molar-refractivity contribution >= 4 is 23.7 Å². The van der Waals surface area contributed by atoms with E-state index in [4.69, 9.17) is 4.74 Å². The molecular formula is C26H28N4O5. The highest BCUT2D eigenvalue weighted by atomic mass is 16.5. The fourth-order valence-corrected chi connectivity index (χ4v) is 4.22. The third kappa shape index (κ3) is 4.89. The van der Waals surface area contributed by atoms with Gasteiger partial charge in [0, 0.05) is 19.5 Å². The van der Waals surface area contributed by atoms with Gasteiger partial charge in [-0.1, -0.05) is 48.5 Å². The molecule has 0 bridgehead atoms. The zero-order valence-corrected chi connectivity index (χ0v) is 19.9. The number of carboxylic acid groups (broad SMARTS) is 1. The molecule has 3 aromatic rings. The van der Waals surface area contributed by atoms with Gasteiger partial charge in [0.1, 0.15) is 12.3 Å². The minimum Gasteiger partial charge on any atom is -0.481 e. The molecule has 1 aliphatic carbocycles. The van der Waals surface area contributed by atoms with E-state index in [2.05, 4.69) is 27.9 Å². The van der Waals surface area contributed by atoms with Crippen molar-refractivity contribution in [2.45, 2.75) is 26.2 Å². The summed E-state index contributed by atoms with van der Waals surface area (Å²) in [5.41, 5.74) is 3.86. The SMILES string of the molecule is Cn1ncc(NC(=O)OCC2c3ccccc3-c3ccccc32)c1C(=O)NCCC(C)(C)C(=O)O. The summed E-state index contributed by atoms with van der Waals surface area (Å²) in [5, 5.41) is 18.6. The van der Waals surface area contributed by atoms with Gasteiger partial charge in [0.2, 0.25) is 0 Å². The fraction of sp³-hybridized carbons (Fsp3) is 0.308. The summed E-state index contributed by atoms with van der Waals surface area (Å²) in [6, 6.07) is 16.1. The summed E-state index contributed by atoms with van der Waals surface area (Å²) >= 11 is 0. The average Bonchev–Trinajstić information content (AvgIpc) is 3.35. The van der Waals surface area contributed by atoms with Crippen LogP contribution in [-0.4, -0.2) is 46.0 Å². The van der Waals surface area contributed by atoms with E-state index in [0.717, 1.165) is 22.3 Å². The lowest BCUT2D eigenvalue weighted by Crippen LogP contribution is -2.33. The van der Waals surface area contributed by atoms with Gasteiger partial charge < -0.3 is 15.2 Å². The Labute approximate surface area is 203 Å². The lowest BCUT2D eigenvalue weighted by molar-refractivity contribution is -0.147. The van der Waals surface area contributed by atoms with Crippen LogP contribution in [0, 0.1) is 5.41 Å². The number of aliphatic carboxylic acids is 1. The van der Waals surface area contributed by atoms with Crippen LogP contribution in [0.3, 0.4) is 0 Å². The molecule has 0 atom stereocenters. The number of ether oxygens (including phenoxy) is 1. The van der Waals surface area contributed by atoms with E-state index >= 15 is 0 Å². The Balaban J connectivity index is 1.39. The number of benzene rings is 2. The summed E-state index contributed by atoms with van der Waals surface area (Å²) in [5.74, 6) is -1.49. The molecule has 182 valence electrons. The molecule has 0 saturated carbocycles. The van der Waals surface area contributed by atoms with Crippen molar-refractivity contribution in [1.82, 2.24) is 15.1 Å². The van der Waals surface area contributed by atoms with Gasteiger partial charge in [-0.05, 0) is 42.5 Å². The van der Waals surface area contributed by atoms with Crippen LogP contribution >= 0.6 is 0 Å². The van der Waals surface area contributed by atoms with Crippen LogP contribution in [-0.2, 0) is 16.6 Å². The first-order valence-electron chi connectivity index (χ1n) is 11.3. The number of nitrogens with one attached hydrogen (secondary N) is 2. The van der Waals surface area contributed by atoms with Crippen molar-refractivity contribution in [3.8, 4) is 11.1 Å². The van der Waals surface area contributed by atoms with Gasteiger partial charge >= 0.3 is 12.1 Å². The van der Waals surface area contributed by atoms with Crippen LogP contribution in [0.25, 0.3) is 11.1 Å². The summed E-state index contributed by atoms with van der Waals surface area (Å²) in [6.45, 7) is 3.49. The highest BCUT2D eigenvalue weighted by molar-refractivity contribution is 6.01. The number of anilines is 1. The Bertz CT molecular complexity index is 1230. The molecule has 0 fully saturated rings. The number of nitrogens with zero attached hydrogens (tertiary/aromatic N) is 2. The van der Waals surface area contributed by atoms with E-state index in [-0.39, 0.29) is 36.9 Å². The molecule has 0 spiro atoms. The molecule has 1 aliphatic rings. The molecule has 0 aliphatic heterocycles. The van der Waals surface area contributed by atoms with E-state index in [1.54, 1.807) is 20.9 Å². The number of carbonyl (C=O) groups excluding carboxylic acids is 2. The number of rotatable bonds is 8. The number of fused-ring (bicyclic) bond motifs is 3. The number of carbonyl (C=O) groups is 3. The number of aromatic nitrogens is 2. The quantitative estimate of drug-likeness (QED) is 0.451. The second-order valence-corrected chi connectivity index (χ2v) is 9.18. The fourth-order valence-electron chi connectivity index (χ4n) is 4.22. The number of amides is 2. The maximum Gasteiger partial charge on any atom is 0.411 e. The number of hydrogen-bond acceptors (Lipinski definition) is 5. The van der Waals surface area contributed by atoms with Crippen LogP contribution in [0.2, 0.25) is 0 Å². The zero-order valence-electron chi connectivity index (χ0n) is 19.9. The molecule has 3 N–H and O–H groups in total. The van der Waals surface area contributed by atoms with Crippen molar-refractivity contribution in [3.63, 3.8) is 0 Å². The maximum absolute atomic E-state index is 12.7. The van der Waals surface area contributed by atoms with Crippen molar-refractivity contribution in [2.24, 2.45) is 12.5 Å². The van der Waals surface area contributed by atoms with Crippen LogP contribution in [0.1, 0.15) is 47.8 Å². The Hall–Kier alpha value is -4.14. The molecule has 2 amide bonds. The Morgan fingerprint density at radius 1 is 1.06 bits per heavy atom. The minimum absolute atomic E-state index is 0.0811. The van der Waals surface area contributed by atoms with Crippen molar-refractivity contribution < 1.29 is 24.2 Å². The molecule has 1 heterocycles. The van der Waals surface area contributed by atoms with Crippen LogP contribution in [0.4, 0.5) is 10.5 Å². The van der Waals surface area contributed by atoms with Gasteiger partial charge in [0.15, 0.2) is 0 Å². The van der Waals surface area contributed by atoms with E-state index < -0.39 is 23.4 Å². The normalized spacial score (nSPS) is 12.5. The van der Waals surface area contributed by atoms with Crippen molar-refractivity contribution in [2.75, 3.05) is 18.5 Å². The van der Waals surface area contributed by atoms with Gasteiger partial charge in [-0.15, -0.1) is 0 Å². The first kappa shape index (κ1) is 24.0. The third-order valence-corrected chi connectivity index (χ3v) is 6.35. The summed E-state index contributed by atoms with van der Waals surface area (Å²) in [7, 11) is 1.58. The van der Waals surface area contributed by atoms with Gasteiger partial charge in [0.25, 0.3) is 5.91 Å². The molecule has 9 heteroatoms. The molecule has 9 nitrogen and oxygen atoms in total. The predicted molar refractivity (Wildman–Crippen MR) is 130 cm³/mol. The summed E-state index contributed by atoms with van der Waals surface area (Å²) in [6.07, 6.45) is 0.930. The second-order valence-electron chi connectivity index (χ2n) is 9.18. The van der Waals surface area contributed by atoms with E-state index in [0.29, 0.717) is 0 Å². The Morgan fingerprint density at radius 2 is 1.66 bits per heavy atom. The van der Waals surface area contributed by atoms with Gasteiger partial charge in [-0.2, -0.15) is 5.10 Å². The first-order chi connectivity index (χ1) is 16.7. The van der Waals surface area contributed by atoms with Gasteiger partial charge in [-0.25, -0.2) is 4.79 Å². The molecule has 0 saturated heterocycles. The van der Waals surface area contributed by atoms with Crippen molar-refractivity contribution in [1.29, 1.82) is 0 Å². The lowest BCUT2D eigenvalue weighted by Gasteiger charge is -2.19. The lowest BCUT2D eigenvalue weighted by atomic mass is 9.90. The van der Waals surface area contributed by atoms with Crippen LogP contribution in [0.15, 0.2) is 54.7 Å². The van der Waals surface area contributed by atoms with Crippen LogP contribution < -0.4 is 10.6 Å². The highest BCUT2D eigenvalue weighted by Gasteiger charge is 2.30. The Kier molecular flexibility index (Phi) is 6.59. The molecule has 1 aromatic heterocycles. The molecule has 35 heavy (non-hydrogen) atoms. The topological polar surface area (TPSA) is 123 Å². The zero-order chi connectivity index (χ0) is 25.2. The van der Waals surface area contributed by atoms with Gasteiger partial charge in [-0.3, -0.25) is 19.6 Å². The number of aryl methyl sites for hydroxylation is 1. The Morgan fingerprint density at radius 3 is 2.26 bits per heavy atom. The smallest absolute Gasteiger partial charge is 0.411 e. The maximum atomic E-state index is 12.7. The van der Waals surface area contributed by atoms with Crippen LogP contribution in [0.5, 0.6) is 0 Å². The highest BCUT2D eigenvalue weighted by Crippen LogP contribution is 2.44. The summed E-state index contributed by atoms with van der Waals surface area (Å²) < 4.78 is 6.90. The minimum atomic E-state index is -0.970. The first-order valence-corrected chi connectivity index (χ1v) is 11.3. The summed E-state index contributed by atoms with van der Waals surface area (Å²) in [4.78, 5) is 36.6. The molecule has 0 radical (unpaired) electrons. The predicted octanol–water partition coefficient (Wildman–Crippen LogP) is 4.01. The van der Waals surface area contributed by atoms with E-state index in [1.165, 1.54) is 10.9 Å². The standard InChI is InChI=1S/C26H28N4O5/c1-26(2,24(32)33)12-13-27-23(31)22-21(14-28-30(22)3)29-25(34)35-15-20-18-10-6-4-8-16(18)17-9-5-7-11-19(17)20/h4-11,14,20H,12-13,15H2,1-3H3,(H,27,31)(H,29,34)(H,32,33). The van der Waals surface area contributed by atoms with Crippen molar-refractivity contribution in [3.05, 3.63) is 71.5 Å². The average molecular weight is 477 g/mol. The number of hydrogen-bond donors (Lipinski definition) is 3. The van der Waals surface area contributed by atoms with E-state index in [1.807, 2.05) is 36.4 Å². The monoisotopic (exact) mass is 476 g/mol. The molecule has 2 aromatic carbocycles. The van der Waals surface area contributed by atoms with E-state index in [9.17, 15) is 19.5 Å². The largest absolute Gasteiger partial charge is 0.481 e. The molecular weight excluding hydrogens is 448 g/mol. The third-order valence-electron chi connectivity index (χ3n) is 6.35.